The average molecular weight is 418 g/mol. The largest absolute Gasteiger partial charge is 0.454 e. The zero-order valence-electron chi connectivity index (χ0n) is 18.0. The predicted molar refractivity (Wildman–Crippen MR) is 111 cm³/mol. The summed E-state index contributed by atoms with van der Waals surface area (Å²) in [7, 11) is 0. The van der Waals surface area contributed by atoms with Gasteiger partial charge in [-0.3, -0.25) is 14.5 Å². The number of urea groups is 1. The van der Waals surface area contributed by atoms with Gasteiger partial charge in [0.1, 0.15) is 12.1 Å². The van der Waals surface area contributed by atoms with Gasteiger partial charge in [0, 0.05) is 19.5 Å². The molecule has 0 radical (unpaired) electrons. The Hall–Kier alpha value is -2.77. The highest BCUT2D eigenvalue weighted by Crippen LogP contribution is 2.34. The SMILES string of the molecule is CCCCN(CCCC)C(=O)CN1C(=O)N[C@](C)(Cc2ccc3c(c2)OCO3)C1=O. The van der Waals surface area contributed by atoms with Gasteiger partial charge in [0.25, 0.3) is 5.91 Å². The van der Waals surface area contributed by atoms with Crippen molar-refractivity contribution in [2.45, 2.75) is 58.4 Å². The van der Waals surface area contributed by atoms with Crippen molar-refractivity contribution in [1.82, 2.24) is 15.1 Å². The van der Waals surface area contributed by atoms with E-state index in [0.29, 0.717) is 31.0 Å². The number of nitrogens with zero attached hydrogens (tertiary/aromatic N) is 2. The van der Waals surface area contributed by atoms with Crippen molar-refractivity contribution in [3.63, 3.8) is 0 Å². The second kappa shape index (κ2) is 9.36. The van der Waals surface area contributed by atoms with Crippen LogP contribution in [0.5, 0.6) is 11.5 Å². The lowest BCUT2D eigenvalue weighted by atomic mass is 9.92. The second-order valence-electron chi connectivity index (χ2n) is 8.11. The minimum absolute atomic E-state index is 0.175. The Labute approximate surface area is 177 Å². The van der Waals surface area contributed by atoms with Crippen LogP contribution in [0.4, 0.5) is 4.79 Å². The van der Waals surface area contributed by atoms with Gasteiger partial charge in [-0.2, -0.15) is 0 Å². The van der Waals surface area contributed by atoms with E-state index in [1.807, 2.05) is 12.1 Å². The van der Waals surface area contributed by atoms with Crippen LogP contribution >= 0.6 is 0 Å². The Balaban J connectivity index is 1.67. The number of hydrogen-bond donors (Lipinski definition) is 1. The molecule has 4 amide bonds. The number of carbonyl (C=O) groups excluding carboxylic acids is 3. The first-order valence-electron chi connectivity index (χ1n) is 10.7. The van der Waals surface area contributed by atoms with Crippen molar-refractivity contribution in [2.75, 3.05) is 26.4 Å². The van der Waals surface area contributed by atoms with Crippen molar-refractivity contribution >= 4 is 17.8 Å². The third kappa shape index (κ3) is 4.68. The van der Waals surface area contributed by atoms with Crippen molar-refractivity contribution < 1.29 is 23.9 Å². The molecule has 1 saturated heterocycles. The predicted octanol–water partition coefficient (Wildman–Crippen LogP) is 2.70. The van der Waals surface area contributed by atoms with Crippen molar-refractivity contribution in [3.05, 3.63) is 23.8 Å². The Kier molecular flexibility index (Phi) is 6.84. The number of nitrogens with one attached hydrogen (secondary N) is 1. The summed E-state index contributed by atoms with van der Waals surface area (Å²) in [4.78, 5) is 41.2. The molecule has 2 aliphatic rings. The van der Waals surface area contributed by atoms with Gasteiger partial charge in [0.05, 0.1) is 0 Å². The van der Waals surface area contributed by atoms with Crippen molar-refractivity contribution in [1.29, 1.82) is 0 Å². The zero-order valence-corrected chi connectivity index (χ0v) is 18.0. The van der Waals surface area contributed by atoms with Crippen LogP contribution in [-0.2, 0) is 16.0 Å². The number of benzene rings is 1. The van der Waals surface area contributed by atoms with Gasteiger partial charge in [-0.25, -0.2) is 4.79 Å². The molecule has 0 unspecified atom stereocenters. The summed E-state index contributed by atoms with van der Waals surface area (Å²) in [6.07, 6.45) is 4.06. The highest BCUT2D eigenvalue weighted by atomic mass is 16.7. The Morgan fingerprint density at radius 1 is 1.13 bits per heavy atom. The number of imide groups is 1. The molecule has 164 valence electrons. The van der Waals surface area contributed by atoms with Crippen LogP contribution in [0.25, 0.3) is 0 Å². The number of amides is 4. The fraction of sp³-hybridized carbons (Fsp3) is 0.591. The van der Waals surface area contributed by atoms with Crippen molar-refractivity contribution in [2.24, 2.45) is 0 Å². The fourth-order valence-corrected chi connectivity index (χ4v) is 3.76. The molecule has 1 aromatic rings. The quantitative estimate of drug-likeness (QED) is 0.592. The minimum atomic E-state index is -1.11. The maximum atomic E-state index is 13.1. The third-order valence-electron chi connectivity index (χ3n) is 5.55. The van der Waals surface area contributed by atoms with Crippen LogP contribution in [0.1, 0.15) is 52.0 Å². The maximum Gasteiger partial charge on any atom is 0.325 e. The molecule has 0 aliphatic carbocycles. The van der Waals surface area contributed by atoms with Gasteiger partial charge in [-0.1, -0.05) is 32.8 Å². The first-order valence-corrected chi connectivity index (χ1v) is 10.7. The summed E-state index contributed by atoms with van der Waals surface area (Å²) in [5.74, 6) is 0.719. The summed E-state index contributed by atoms with van der Waals surface area (Å²) >= 11 is 0. The molecule has 30 heavy (non-hydrogen) atoms. The summed E-state index contributed by atoms with van der Waals surface area (Å²) in [6.45, 7) is 7.07. The molecule has 2 aliphatic heterocycles. The van der Waals surface area contributed by atoms with Crippen LogP contribution < -0.4 is 14.8 Å². The van der Waals surface area contributed by atoms with Crippen LogP contribution in [0.15, 0.2) is 18.2 Å². The van der Waals surface area contributed by atoms with Gasteiger partial charge < -0.3 is 19.7 Å². The van der Waals surface area contributed by atoms with E-state index in [9.17, 15) is 14.4 Å². The molecule has 0 aromatic heterocycles. The van der Waals surface area contributed by atoms with Crippen LogP contribution in [0.2, 0.25) is 0 Å². The smallest absolute Gasteiger partial charge is 0.325 e. The molecule has 8 nitrogen and oxygen atoms in total. The molecule has 1 fully saturated rings. The van der Waals surface area contributed by atoms with E-state index in [1.165, 1.54) is 0 Å². The Morgan fingerprint density at radius 3 is 2.47 bits per heavy atom. The highest BCUT2D eigenvalue weighted by Gasteiger charge is 2.48. The number of hydrogen-bond acceptors (Lipinski definition) is 5. The summed E-state index contributed by atoms with van der Waals surface area (Å²) in [6, 6.07) is 4.94. The number of rotatable bonds is 10. The van der Waals surface area contributed by atoms with E-state index < -0.39 is 11.6 Å². The first kappa shape index (κ1) is 21.9. The van der Waals surface area contributed by atoms with Crippen LogP contribution in [0.3, 0.4) is 0 Å². The van der Waals surface area contributed by atoms with E-state index in [2.05, 4.69) is 19.2 Å². The molecular formula is C22H31N3O5. The fourth-order valence-electron chi connectivity index (χ4n) is 3.76. The van der Waals surface area contributed by atoms with Gasteiger partial charge >= 0.3 is 6.03 Å². The Morgan fingerprint density at radius 2 is 1.80 bits per heavy atom. The number of carbonyl (C=O) groups is 3. The molecule has 0 saturated carbocycles. The first-order chi connectivity index (χ1) is 14.4. The van der Waals surface area contributed by atoms with Crippen LogP contribution in [-0.4, -0.2) is 59.6 Å². The van der Waals surface area contributed by atoms with E-state index in [1.54, 1.807) is 17.9 Å². The molecule has 2 heterocycles. The van der Waals surface area contributed by atoms with Gasteiger partial charge in [-0.15, -0.1) is 0 Å². The molecule has 1 N–H and O–H groups in total. The molecular weight excluding hydrogens is 386 g/mol. The lowest BCUT2D eigenvalue weighted by Gasteiger charge is -2.25. The molecule has 0 spiro atoms. The molecule has 0 bridgehead atoms. The average Bonchev–Trinajstić information content (AvgIpc) is 3.26. The zero-order chi connectivity index (χ0) is 21.7. The van der Waals surface area contributed by atoms with Gasteiger partial charge in [0.2, 0.25) is 12.7 Å². The molecule has 3 rings (SSSR count). The number of ether oxygens (including phenoxy) is 2. The minimum Gasteiger partial charge on any atom is -0.454 e. The number of unbranched alkanes of at least 4 members (excludes halogenated alkanes) is 2. The lowest BCUT2D eigenvalue weighted by Crippen LogP contribution is -2.47. The monoisotopic (exact) mass is 417 g/mol. The van der Waals surface area contributed by atoms with E-state index in [0.717, 1.165) is 36.1 Å². The second-order valence-corrected chi connectivity index (χ2v) is 8.11. The molecule has 8 heteroatoms. The Bertz CT molecular complexity index is 804. The van der Waals surface area contributed by atoms with E-state index >= 15 is 0 Å². The normalized spacial score (nSPS) is 19.9. The molecule has 1 aromatic carbocycles. The standard InChI is InChI=1S/C22H31N3O5/c1-4-6-10-24(11-7-5-2)19(26)14-25-20(27)22(3,23-21(25)28)13-16-8-9-17-18(12-16)30-15-29-17/h8-9,12H,4-7,10-11,13-15H2,1-3H3,(H,23,28)/t22-/m1/s1. The topological polar surface area (TPSA) is 88.2 Å². The summed E-state index contributed by atoms with van der Waals surface area (Å²) in [5.41, 5.74) is -0.265. The highest BCUT2D eigenvalue weighted by molar-refractivity contribution is 6.08. The van der Waals surface area contributed by atoms with Crippen LogP contribution in [0, 0.1) is 0 Å². The third-order valence-corrected chi connectivity index (χ3v) is 5.55. The van der Waals surface area contributed by atoms with Gasteiger partial charge in [-0.05, 0) is 37.5 Å². The number of fused-ring (bicyclic) bond motifs is 1. The lowest BCUT2D eigenvalue weighted by molar-refractivity contribution is -0.138. The van der Waals surface area contributed by atoms with E-state index in [4.69, 9.17) is 9.47 Å². The molecule has 1 atom stereocenters. The summed E-state index contributed by atoms with van der Waals surface area (Å²) in [5, 5.41) is 2.77. The van der Waals surface area contributed by atoms with E-state index in [-0.39, 0.29) is 25.2 Å². The summed E-state index contributed by atoms with van der Waals surface area (Å²) < 4.78 is 10.7. The van der Waals surface area contributed by atoms with Gasteiger partial charge in [0.15, 0.2) is 11.5 Å². The maximum absolute atomic E-state index is 13.1. The van der Waals surface area contributed by atoms with Crippen molar-refractivity contribution in [3.8, 4) is 11.5 Å².